The molecule has 0 radical (unpaired) electrons. The van der Waals surface area contributed by atoms with Gasteiger partial charge in [0.05, 0.1) is 12.0 Å². The van der Waals surface area contributed by atoms with Crippen LogP contribution in [0.25, 0.3) is 0 Å². The molecule has 0 fully saturated rings. The van der Waals surface area contributed by atoms with Crippen LogP contribution in [-0.2, 0) is 16.6 Å². The molecule has 2 aromatic rings. The molecule has 2 rings (SSSR count). The third kappa shape index (κ3) is 3.20. The van der Waals surface area contributed by atoms with Crippen LogP contribution in [0, 0.1) is 0 Å². The zero-order valence-electron chi connectivity index (χ0n) is 11.4. The van der Waals surface area contributed by atoms with Crippen LogP contribution in [0.3, 0.4) is 0 Å². The van der Waals surface area contributed by atoms with Crippen molar-refractivity contribution in [2.24, 2.45) is 0 Å². The molecule has 0 bridgehead atoms. The minimum absolute atomic E-state index is 0.289. The van der Waals surface area contributed by atoms with Crippen molar-refractivity contribution in [2.45, 2.75) is 18.4 Å². The first kappa shape index (κ1) is 15.0. The maximum atomic E-state index is 12.6. The van der Waals surface area contributed by atoms with E-state index in [4.69, 9.17) is 4.74 Å². The van der Waals surface area contributed by atoms with Crippen molar-refractivity contribution < 1.29 is 13.2 Å². The lowest BCUT2D eigenvalue weighted by Gasteiger charge is -2.20. The average Bonchev–Trinajstić information content (AvgIpc) is 2.97. The molecule has 0 aliphatic carbocycles. The largest absolute Gasteiger partial charge is 0.497 e. The van der Waals surface area contributed by atoms with Crippen molar-refractivity contribution in [2.75, 3.05) is 13.7 Å². The Balaban J connectivity index is 2.26. The monoisotopic (exact) mass is 311 g/mol. The smallest absolute Gasteiger partial charge is 0.243 e. The molecule has 1 aromatic carbocycles. The van der Waals surface area contributed by atoms with E-state index in [0.29, 0.717) is 18.8 Å². The van der Waals surface area contributed by atoms with Gasteiger partial charge < -0.3 is 4.74 Å². The lowest BCUT2D eigenvalue weighted by Crippen LogP contribution is -2.30. The van der Waals surface area contributed by atoms with Gasteiger partial charge in [-0.1, -0.05) is 13.0 Å². The molecule has 0 unspecified atom stereocenters. The summed E-state index contributed by atoms with van der Waals surface area (Å²) in [6.45, 7) is 2.68. The molecule has 0 aliphatic rings. The number of sulfonamides is 1. The summed E-state index contributed by atoms with van der Waals surface area (Å²) in [6.07, 6.45) is 0. The Morgan fingerprint density at radius 1 is 1.20 bits per heavy atom. The van der Waals surface area contributed by atoms with E-state index >= 15 is 0 Å². The van der Waals surface area contributed by atoms with E-state index in [1.54, 1.807) is 42.7 Å². The standard InChI is InChI=1S/C14H17NO3S2/c1-3-15(11-13-5-4-10-19-13)20(16,17)14-8-6-12(18-2)7-9-14/h4-10H,3,11H2,1-2H3. The molecule has 6 heteroatoms. The molecule has 20 heavy (non-hydrogen) atoms. The third-order valence-corrected chi connectivity index (χ3v) is 5.76. The fourth-order valence-corrected chi connectivity index (χ4v) is 4.07. The molecule has 1 aromatic heterocycles. The summed E-state index contributed by atoms with van der Waals surface area (Å²) in [7, 11) is -1.91. The highest BCUT2D eigenvalue weighted by Gasteiger charge is 2.23. The fourth-order valence-electron chi connectivity index (χ4n) is 1.84. The topological polar surface area (TPSA) is 46.6 Å². The van der Waals surface area contributed by atoms with E-state index in [-0.39, 0.29) is 4.90 Å². The van der Waals surface area contributed by atoms with E-state index in [0.717, 1.165) is 4.88 Å². The van der Waals surface area contributed by atoms with Gasteiger partial charge in [-0.2, -0.15) is 4.31 Å². The highest BCUT2D eigenvalue weighted by atomic mass is 32.2. The summed E-state index contributed by atoms with van der Waals surface area (Å²) in [4.78, 5) is 1.32. The summed E-state index contributed by atoms with van der Waals surface area (Å²) in [5, 5.41) is 1.95. The van der Waals surface area contributed by atoms with Crippen molar-refractivity contribution in [1.29, 1.82) is 0 Å². The maximum Gasteiger partial charge on any atom is 0.243 e. The van der Waals surface area contributed by atoms with Crippen LogP contribution in [0.2, 0.25) is 0 Å². The summed E-state index contributed by atoms with van der Waals surface area (Å²) < 4.78 is 31.7. The van der Waals surface area contributed by atoms with Crippen LogP contribution >= 0.6 is 11.3 Å². The number of methoxy groups -OCH3 is 1. The van der Waals surface area contributed by atoms with Crippen molar-refractivity contribution >= 4 is 21.4 Å². The van der Waals surface area contributed by atoms with Crippen LogP contribution in [0.1, 0.15) is 11.8 Å². The summed E-state index contributed by atoms with van der Waals surface area (Å²) in [5.74, 6) is 0.644. The minimum Gasteiger partial charge on any atom is -0.497 e. The highest BCUT2D eigenvalue weighted by molar-refractivity contribution is 7.89. The summed E-state index contributed by atoms with van der Waals surface area (Å²) in [5.41, 5.74) is 0. The van der Waals surface area contributed by atoms with Gasteiger partial charge in [-0.25, -0.2) is 8.42 Å². The van der Waals surface area contributed by atoms with Crippen LogP contribution in [0.5, 0.6) is 5.75 Å². The first-order chi connectivity index (χ1) is 9.57. The quantitative estimate of drug-likeness (QED) is 0.824. The summed E-state index contributed by atoms with van der Waals surface area (Å²) >= 11 is 1.56. The molecule has 0 atom stereocenters. The SMILES string of the molecule is CCN(Cc1cccs1)S(=O)(=O)c1ccc(OC)cc1. The predicted octanol–water partition coefficient (Wildman–Crippen LogP) is 2.97. The molecular formula is C14H17NO3S2. The number of ether oxygens (including phenoxy) is 1. The van der Waals surface area contributed by atoms with Crippen molar-refractivity contribution in [1.82, 2.24) is 4.31 Å². The minimum atomic E-state index is -3.47. The second kappa shape index (κ2) is 6.39. The van der Waals surface area contributed by atoms with E-state index in [1.807, 2.05) is 24.4 Å². The number of thiophene rings is 1. The van der Waals surface area contributed by atoms with Gasteiger partial charge >= 0.3 is 0 Å². The first-order valence-corrected chi connectivity index (χ1v) is 8.56. The molecule has 0 amide bonds. The molecule has 0 spiro atoms. The molecule has 4 nitrogen and oxygen atoms in total. The number of benzene rings is 1. The number of hydrogen-bond donors (Lipinski definition) is 0. The van der Waals surface area contributed by atoms with Crippen LogP contribution < -0.4 is 4.74 Å². The molecule has 0 saturated heterocycles. The Hall–Kier alpha value is -1.37. The predicted molar refractivity (Wildman–Crippen MR) is 80.6 cm³/mol. The summed E-state index contributed by atoms with van der Waals surface area (Å²) in [6, 6.07) is 10.3. The molecule has 0 aliphatic heterocycles. The van der Waals surface area contributed by atoms with Crippen LogP contribution in [0.15, 0.2) is 46.7 Å². The van der Waals surface area contributed by atoms with Gasteiger partial charge in [0.15, 0.2) is 0 Å². The van der Waals surface area contributed by atoms with E-state index < -0.39 is 10.0 Å². The second-order valence-electron chi connectivity index (χ2n) is 4.19. The lowest BCUT2D eigenvalue weighted by atomic mass is 10.3. The van der Waals surface area contributed by atoms with Gasteiger partial charge in [0.2, 0.25) is 10.0 Å². The van der Waals surface area contributed by atoms with Gasteiger partial charge in [0, 0.05) is 18.0 Å². The second-order valence-corrected chi connectivity index (χ2v) is 7.16. The number of rotatable bonds is 6. The Kier molecular flexibility index (Phi) is 4.80. The van der Waals surface area contributed by atoms with Crippen LogP contribution in [-0.4, -0.2) is 26.4 Å². The van der Waals surface area contributed by atoms with E-state index in [9.17, 15) is 8.42 Å². The lowest BCUT2D eigenvalue weighted by molar-refractivity contribution is 0.413. The molecular weight excluding hydrogens is 294 g/mol. The Morgan fingerprint density at radius 2 is 1.90 bits per heavy atom. The van der Waals surface area contributed by atoms with Gasteiger partial charge in [-0.15, -0.1) is 11.3 Å². The molecule has 1 heterocycles. The van der Waals surface area contributed by atoms with Gasteiger partial charge in [0.25, 0.3) is 0 Å². The Morgan fingerprint density at radius 3 is 2.40 bits per heavy atom. The van der Waals surface area contributed by atoms with Crippen LogP contribution in [0.4, 0.5) is 0 Å². The van der Waals surface area contributed by atoms with Crippen molar-refractivity contribution in [3.63, 3.8) is 0 Å². The average molecular weight is 311 g/mol. The zero-order chi connectivity index (χ0) is 14.6. The van der Waals surface area contributed by atoms with Gasteiger partial charge in [0.1, 0.15) is 5.75 Å². The maximum absolute atomic E-state index is 12.6. The van der Waals surface area contributed by atoms with Gasteiger partial charge in [-0.3, -0.25) is 0 Å². The van der Waals surface area contributed by atoms with Gasteiger partial charge in [-0.05, 0) is 35.7 Å². The molecule has 108 valence electrons. The normalized spacial score (nSPS) is 11.8. The van der Waals surface area contributed by atoms with E-state index in [2.05, 4.69) is 0 Å². The fraction of sp³-hybridized carbons (Fsp3) is 0.286. The third-order valence-electron chi connectivity index (χ3n) is 2.96. The number of hydrogen-bond acceptors (Lipinski definition) is 4. The Labute approximate surface area is 123 Å². The first-order valence-electron chi connectivity index (χ1n) is 6.24. The number of nitrogens with zero attached hydrogens (tertiary/aromatic N) is 1. The zero-order valence-corrected chi connectivity index (χ0v) is 13.1. The molecule has 0 N–H and O–H groups in total. The van der Waals surface area contributed by atoms with Crippen molar-refractivity contribution in [3.8, 4) is 5.75 Å². The highest BCUT2D eigenvalue weighted by Crippen LogP contribution is 2.22. The Bertz CT molecular complexity index is 634. The van der Waals surface area contributed by atoms with E-state index in [1.165, 1.54) is 4.31 Å². The molecule has 0 saturated carbocycles. The van der Waals surface area contributed by atoms with Crippen molar-refractivity contribution in [3.05, 3.63) is 46.7 Å².